The maximum atomic E-state index is 12.2. The smallest absolute Gasteiger partial charge is 0.221 e. The fraction of sp³-hybridized carbons (Fsp3) is 0.304. The van der Waals surface area contributed by atoms with Crippen molar-refractivity contribution in [3.8, 4) is 0 Å². The molecular formula is C23H26O2. The SMILES string of the molecule is CCCCC(CCC(=O)C(=O)/C=C/c1ccccc1)c1ccccc1. The Morgan fingerprint density at radius 1 is 0.920 bits per heavy atom. The average Bonchev–Trinajstić information content (AvgIpc) is 2.67. The molecule has 2 rings (SSSR count). The number of hydrogen-bond acceptors (Lipinski definition) is 2. The Kier molecular flexibility index (Phi) is 7.84. The van der Waals surface area contributed by atoms with Crippen molar-refractivity contribution < 1.29 is 9.59 Å². The van der Waals surface area contributed by atoms with Crippen LogP contribution in [0, 0.1) is 0 Å². The number of ketones is 2. The molecule has 2 aromatic rings. The van der Waals surface area contributed by atoms with Gasteiger partial charge in [-0.2, -0.15) is 0 Å². The second-order valence-corrected chi connectivity index (χ2v) is 6.32. The molecular weight excluding hydrogens is 308 g/mol. The molecule has 2 nitrogen and oxygen atoms in total. The Balaban J connectivity index is 1.91. The van der Waals surface area contributed by atoms with E-state index in [9.17, 15) is 9.59 Å². The van der Waals surface area contributed by atoms with Gasteiger partial charge in [0.05, 0.1) is 0 Å². The van der Waals surface area contributed by atoms with E-state index in [0.717, 1.165) is 31.2 Å². The topological polar surface area (TPSA) is 34.1 Å². The van der Waals surface area contributed by atoms with Crippen LogP contribution in [-0.4, -0.2) is 11.6 Å². The molecule has 1 atom stereocenters. The number of carbonyl (C=O) groups excluding carboxylic acids is 2. The first kappa shape index (κ1) is 18.9. The lowest BCUT2D eigenvalue weighted by Crippen LogP contribution is -2.12. The van der Waals surface area contributed by atoms with Gasteiger partial charge in [0, 0.05) is 6.42 Å². The van der Waals surface area contributed by atoms with Gasteiger partial charge in [0.15, 0.2) is 0 Å². The van der Waals surface area contributed by atoms with Crippen LogP contribution in [0.5, 0.6) is 0 Å². The van der Waals surface area contributed by atoms with Crippen LogP contribution < -0.4 is 0 Å². The number of benzene rings is 2. The van der Waals surface area contributed by atoms with Crippen molar-refractivity contribution in [1.82, 2.24) is 0 Å². The lowest BCUT2D eigenvalue weighted by Gasteiger charge is -2.16. The molecule has 2 aromatic carbocycles. The van der Waals surface area contributed by atoms with E-state index in [2.05, 4.69) is 19.1 Å². The zero-order chi connectivity index (χ0) is 17.9. The van der Waals surface area contributed by atoms with Crippen LogP contribution in [0.2, 0.25) is 0 Å². The zero-order valence-corrected chi connectivity index (χ0v) is 14.9. The minimum Gasteiger partial charge on any atom is -0.291 e. The molecule has 0 fully saturated rings. The summed E-state index contributed by atoms with van der Waals surface area (Å²) >= 11 is 0. The van der Waals surface area contributed by atoms with Gasteiger partial charge in [0.1, 0.15) is 0 Å². The first-order chi connectivity index (χ1) is 12.2. The first-order valence-electron chi connectivity index (χ1n) is 9.06. The van der Waals surface area contributed by atoms with Crippen LogP contribution in [0.3, 0.4) is 0 Å². The van der Waals surface area contributed by atoms with Crippen LogP contribution in [0.25, 0.3) is 6.08 Å². The van der Waals surface area contributed by atoms with Crippen molar-refractivity contribution in [3.05, 3.63) is 77.9 Å². The molecule has 0 aliphatic rings. The fourth-order valence-electron chi connectivity index (χ4n) is 2.91. The van der Waals surface area contributed by atoms with Crippen molar-refractivity contribution >= 4 is 17.6 Å². The van der Waals surface area contributed by atoms with Crippen LogP contribution >= 0.6 is 0 Å². The molecule has 0 spiro atoms. The summed E-state index contributed by atoms with van der Waals surface area (Å²) in [4.78, 5) is 24.2. The van der Waals surface area contributed by atoms with E-state index in [-0.39, 0.29) is 5.78 Å². The van der Waals surface area contributed by atoms with Crippen LogP contribution in [-0.2, 0) is 9.59 Å². The molecule has 0 N–H and O–H groups in total. The monoisotopic (exact) mass is 334 g/mol. The molecule has 0 bridgehead atoms. The third-order valence-corrected chi connectivity index (χ3v) is 4.40. The van der Waals surface area contributed by atoms with Crippen molar-refractivity contribution in [1.29, 1.82) is 0 Å². The van der Waals surface area contributed by atoms with Gasteiger partial charge in [-0.1, -0.05) is 86.5 Å². The van der Waals surface area contributed by atoms with E-state index in [1.807, 2.05) is 48.5 Å². The number of hydrogen-bond donors (Lipinski definition) is 0. The summed E-state index contributed by atoms with van der Waals surface area (Å²) in [6.45, 7) is 2.17. The third-order valence-electron chi connectivity index (χ3n) is 4.40. The minimum absolute atomic E-state index is 0.301. The summed E-state index contributed by atoms with van der Waals surface area (Å²) in [6, 6.07) is 19.8. The van der Waals surface area contributed by atoms with Gasteiger partial charge < -0.3 is 0 Å². The maximum absolute atomic E-state index is 12.2. The van der Waals surface area contributed by atoms with Crippen molar-refractivity contribution in [2.24, 2.45) is 0 Å². The average molecular weight is 334 g/mol. The van der Waals surface area contributed by atoms with Gasteiger partial charge in [-0.05, 0) is 36.0 Å². The van der Waals surface area contributed by atoms with E-state index >= 15 is 0 Å². The van der Waals surface area contributed by atoms with E-state index in [1.165, 1.54) is 11.6 Å². The van der Waals surface area contributed by atoms with Gasteiger partial charge in [0.2, 0.25) is 11.6 Å². The van der Waals surface area contributed by atoms with Crippen molar-refractivity contribution in [3.63, 3.8) is 0 Å². The standard InChI is InChI=1S/C23H26O2/c1-2-3-12-21(20-13-8-5-9-14-20)16-18-23(25)22(24)17-15-19-10-6-4-7-11-19/h4-11,13-15,17,21H,2-3,12,16,18H2,1H3/b17-15+. The number of unbranched alkanes of at least 4 members (excludes halogenated alkanes) is 1. The summed E-state index contributed by atoms with van der Waals surface area (Å²) in [7, 11) is 0. The molecule has 0 amide bonds. The van der Waals surface area contributed by atoms with E-state index < -0.39 is 5.78 Å². The molecule has 0 radical (unpaired) electrons. The maximum Gasteiger partial charge on any atom is 0.221 e. The highest BCUT2D eigenvalue weighted by atomic mass is 16.2. The van der Waals surface area contributed by atoms with Gasteiger partial charge in [-0.25, -0.2) is 0 Å². The lowest BCUT2D eigenvalue weighted by atomic mass is 9.88. The molecule has 2 heteroatoms. The highest BCUT2D eigenvalue weighted by molar-refractivity contribution is 6.42. The highest BCUT2D eigenvalue weighted by Crippen LogP contribution is 2.27. The highest BCUT2D eigenvalue weighted by Gasteiger charge is 2.16. The Morgan fingerprint density at radius 3 is 2.20 bits per heavy atom. The fourth-order valence-corrected chi connectivity index (χ4v) is 2.91. The number of carbonyl (C=O) groups is 2. The van der Waals surface area contributed by atoms with Crippen LogP contribution in [0.1, 0.15) is 56.1 Å². The Bertz CT molecular complexity index is 687. The van der Waals surface area contributed by atoms with Crippen molar-refractivity contribution in [2.75, 3.05) is 0 Å². The van der Waals surface area contributed by atoms with E-state index in [4.69, 9.17) is 0 Å². The summed E-state index contributed by atoms with van der Waals surface area (Å²) in [5.41, 5.74) is 2.18. The number of rotatable bonds is 10. The predicted octanol–water partition coefficient (Wildman–Crippen LogP) is 5.59. The van der Waals surface area contributed by atoms with Crippen molar-refractivity contribution in [2.45, 2.75) is 44.9 Å². The predicted molar refractivity (Wildman–Crippen MR) is 103 cm³/mol. The van der Waals surface area contributed by atoms with Gasteiger partial charge >= 0.3 is 0 Å². The Morgan fingerprint density at radius 2 is 1.56 bits per heavy atom. The second kappa shape index (κ2) is 10.4. The van der Waals surface area contributed by atoms with Gasteiger partial charge in [-0.15, -0.1) is 0 Å². The minimum atomic E-state index is -0.411. The van der Waals surface area contributed by atoms with E-state index in [0.29, 0.717) is 12.3 Å². The summed E-state index contributed by atoms with van der Waals surface area (Å²) in [6.07, 6.45) is 7.45. The van der Waals surface area contributed by atoms with Crippen LogP contribution in [0.15, 0.2) is 66.7 Å². The molecule has 0 heterocycles. The molecule has 1 unspecified atom stereocenters. The lowest BCUT2D eigenvalue weighted by molar-refractivity contribution is -0.133. The normalized spacial score (nSPS) is 12.2. The quantitative estimate of drug-likeness (QED) is 0.419. The Labute approximate surface area is 150 Å². The van der Waals surface area contributed by atoms with Crippen LogP contribution in [0.4, 0.5) is 0 Å². The molecule has 0 saturated heterocycles. The molecule has 0 aromatic heterocycles. The first-order valence-corrected chi connectivity index (χ1v) is 9.06. The molecule has 25 heavy (non-hydrogen) atoms. The molecule has 0 aliphatic heterocycles. The summed E-state index contributed by atoms with van der Waals surface area (Å²) in [5.74, 6) is -0.369. The molecule has 130 valence electrons. The summed E-state index contributed by atoms with van der Waals surface area (Å²) < 4.78 is 0. The third kappa shape index (κ3) is 6.50. The largest absolute Gasteiger partial charge is 0.291 e. The van der Waals surface area contributed by atoms with Gasteiger partial charge in [0.25, 0.3) is 0 Å². The molecule has 0 aliphatic carbocycles. The van der Waals surface area contributed by atoms with Gasteiger partial charge in [-0.3, -0.25) is 9.59 Å². The zero-order valence-electron chi connectivity index (χ0n) is 14.9. The number of allylic oxidation sites excluding steroid dienone is 1. The summed E-state index contributed by atoms with van der Waals surface area (Å²) in [5, 5.41) is 0. The number of Topliss-reactive ketones (excluding diaryl/α,β-unsaturated/α-hetero) is 1. The molecule has 0 saturated carbocycles. The second-order valence-electron chi connectivity index (χ2n) is 6.32. The van der Waals surface area contributed by atoms with E-state index in [1.54, 1.807) is 6.08 Å². The Hall–Kier alpha value is -2.48.